The predicted octanol–water partition coefficient (Wildman–Crippen LogP) is 3.98. The standard InChI is InChI=1S/C21H17NO2/c1-16(23)22(24)15-19-6-4-5-17(13-19)9-10-18-11-12-20-7-2-3-8-21(20)14-18/h2-8,11-14,24H,15H2,1H3. The Kier molecular flexibility index (Phi) is 4.60. The molecule has 1 N–H and O–H groups in total. The van der Waals surface area contributed by atoms with E-state index in [4.69, 9.17) is 0 Å². The Morgan fingerprint density at radius 3 is 2.38 bits per heavy atom. The number of hydrogen-bond donors (Lipinski definition) is 1. The van der Waals surface area contributed by atoms with Crippen LogP contribution in [0, 0.1) is 11.8 Å². The van der Waals surface area contributed by atoms with Gasteiger partial charge in [0.1, 0.15) is 0 Å². The van der Waals surface area contributed by atoms with Gasteiger partial charge in [-0.3, -0.25) is 10.0 Å². The highest BCUT2D eigenvalue weighted by Gasteiger charge is 2.05. The van der Waals surface area contributed by atoms with Crippen molar-refractivity contribution in [2.75, 3.05) is 0 Å². The first-order valence-electron chi connectivity index (χ1n) is 7.68. The monoisotopic (exact) mass is 315 g/mol. The maximum absolute atomic E-state index is 11.1. The summed E-state index contributed by atoms with van der Waals surface area (Å²) in [7, 11) is 0. The van der Waals surface area contributed by atoms with E-state index in [1.807, 2.05) is 42.5 Å². The molecule has 0 aliphatic rings. The summed E-state index contributed by atoms with van der Waals surface area (Å²) in [6.45, 7) is 1.48. The summed E-state index contributed by atoms with van der Waals surface area (Å²) in [6, 6.07) is 21.8. The highest BCUT2D eigenvalue weighted by molar-refractivity contribution is 5.83. The molecule has 0 fully saturated rings. The van der Waals surface area contributed by atoms with Gasteiger partial charge in [0, 0.05) is 18.1 Å². The molecule has 118 valence electrons. The number of carbonyl (C=O) groups is 1. The van der Waals surface area contributed by atoms with Gasteiger partial charge >= 0.3 is 0 Å². The molecule has 3 aromatic rings. The van der Waals surface area contributed by atoms with Gasteiger partial charge in [0.2, 0.25) is 5.91 Å². The highest BCUT2D eigenvalue weighted by atomic mass is 16.5. The Hall–Kier alpha value is -3.09. The van der Waals surface area contributed by atoms with Gasteiger partial charge in [-0.05, 0) is 40.6 Å². The molecule has 24 heavy (non-hydrogen) atoms. The van der Waals surface area contributed by atoms with E-state index in [9.17, 15) is 10.0 Å². The van der Waals surface area contributed by atoms with Crippen molar-refractivity contribution in [1.82, 2.24) is 5.06 Å². The van der Waals surface area contributed by atoms with Crippen LogP contribution in [0.3, 0.4) is 0 Å². The fourth-order valence-electron chi connectivity index (χ4n) is 2.44. The van der Waals surface area contributed by atoms with Gasteiger partial charge in [-0.15, -0.1) is 0 Å². The van der Waals surface area contributed by atoms with E-state index >= 15 is 0 Å². The first-order chi connectivity index (χ1) is 11.6. The van der Waals surface area contributed by atoms with Crippen LogP contribution in [0.2, 0.25) is 0 Å². The molecule has 0 bridgehead atoms. The van der Waals surface area contributed by atoms with Crippen molar-refractivity contribution in [2.45, 2.75) is 13.5 Å². The first-order valence-corrected chi connectivity index (χ1v) is 7.68. The van der Waals surface area contributed by atoms with Crippen molar-refractivity contribution in [3.8, 4) is 11.8 Å². The number of fused-ring (bicyclic) bond motifs is 1. The maximum atomic E-state index is 11.1. The fraction of sp³-hybridized carbons (Fsp3) is 0.0952. The Morgan fingerprint density at radius 1 is 0.917 bits per heavy atom. The van der Waals surface area contributed by atoms with E-state index < -0.39 is 0 Å². The number of rotatable bonds is 2. The second kappa shape index (κ2) is 6.99. The number of hydroxylamine groups is 2. The molecule has 0 heterocycles. The van der Waals surface area contributed by atoms with E-state index in [0.717, 1.165) is 22.1 Å². The average molecular weight is 315 g/mol. The maximum Gasteiger partial charge on any atom is 0.243 e. The summed E-state index contributed by atoms with van der Waals surface area (Å²) < 4.78 is 0. The van der Waals surface area contributed by atoms with Gasteiger partial charge in [-0.2, -0.15) is 0 Å². The molecule has 0 unspecified atom stereocenters. The van der Waals surface area contributed by atoms with Crippen molar-refractivity contribution >= 4 is 16.7 Å². The minimum Gasteiger partial charge on any atom is -0.286 e. The molecular weight excluding hydrogens is 298 g/mol. The second-order valence-corrected chi connectivity index (χ2v) is 5.59. The van der Waals surface area contributed by atoms with Crippen LogP contribution < -0.4 is 0 Å². The van der Waals surface area contributed by atoms with Crippen LogP contribution in [0.15, 0.2) is 66.7 Å². The molecule has 3 heteroatoms. The molecule has 0 radical (unpaired) electrons. The first kappa shape index (κ1) is 15.8. The van der Waals surface area contributed by atoms with Gasteiger partial charge in [-0.25, -0.2) is 5.06 Å². The van der Waals surface area contributed by atoms with Crippen LogP contribution >= 0.6 is 0 Å². The SMILES string of the molecule is CC(=O)N(O)Cc1cccc(C#Cc2ccc3ccccc3c2)c1. The molecule has 3 nitrogen and oxygen atoms in total. The number of hydrogen-bond acceptors (Lipinski definition) is 2. The molecule has 3 rings (SSSR count). The van der Waals surface area contributed by atoms with Crippen molar-refractivity contribution < 1.29 is 10.0 Å². The van der Waals surface area contributed by atoms with Crippen LogP contribution in [-0.2, 0) is 11.3 Å². The number of carbonyl (C=O) groups excluding carboxylic acids is 1. The lowest BCUT2D eigenvalue weighted by molar-refractivity contribution is -0.165. The van der Waals surface area contributed by atoms with Crippen molar-refractivity contribution in [2.24, 2.45) is 0 Å². The van der Waals surface area contributed by atoms with E-state index in [1.165, 1.54) is 12.3 Å². The lowest BCUT2D eigenvalue weighted by Crippen LogP contribution is -2.23. The van der Waals surface area contributed by atoms with Crippen LogP contribution in [0.25, 0.3) is 10.8 Å². The quantitative estimate of drug-likeness (QED) is 0.441. The molecule has 0 aromatic heterocycles. The Bertz CT molecular complexity index is 950. The summed E-state index contributed by atoms with van der Waals surface area (Å²) >= 11 is 0. The minimum absolute atomic E-state index is 0.154. The normalized spacial score (nSPS) is 10.1. The molecule has 0 aliphatic carbocycles. The Labute approximate surface area is 141 Å². The summed E-state index contributed by atoms with van der Waals surface area (Å²) in [4.78, 5) is 11.1. The number of amides is 1. The smallest absolute Gasteiger partial charge is 0.243 e. The van der Waals surface area contributed by atoms with Crippen molar-refractivity contribution in [1.29, 1.82) is 0 Å². The third-order valence-electron chi connectivity index (χ3n) is 3.72. The zero-order valence-corrected chi connectivity index (χ0v) is 13.4. The Morgan fingerprint density at radius 2 is 1.62 bits per heavy atom. The molecule has 3 aromatic carbocycles. The number of benzene rings is 3. The van der Waals surface area contributed by atoms with Crippen molar-refractivity contribution in [3.05, 3.63) is 83.4 Å². The van der Waals surface area contributed by atoms with Crippen LogP contribution in [0.5, 0.6) is 0 Å². The Balaban J connectivity index is 1.83. The van der Waals surface area contributed by atoms with Gasteiger partial charge in [0.05, 0.1) is 6.54 Å². The van der Waals surface area contributed by atoms with Gasteiger partial charge in [0.25, 0.3) is 0 Å². The average Bonchev–Trinajstić information content (AvgIpc) is 2.60. The molecule has 0 saturated heterocycles. The zero-order valence-electron chi connectivity index (χ0n) is 13.4. The van der Waals surface area contributed by atoms with Gasteiger partial charge < -0.3 is 0 Å². The van der Waals surface area contributed by atoms with E-state index in [0.29, 0.717) is 5.06 Å². The molecule has 1 amide bonds. The second-order valence-electron chi connectivity index (χ2n) is 5.59. The van der Waals surface area contributed by atoms with Crippen LogP contribution in [0.1, 0.15) is 23.6 Å². The van der Waals surface area contributed by atoms with Crippen LogP contribution in [0.4, 0.5) is 0 Å². The zero-order chi connectivity index (χ0) is 16.9. The minimum atomic E-state index is -0.386. The molecular formula is C21H17NO2. The molecule has 0 aliphatic heterocycles. The van der Waals surface area contributed by atoms with Crippen molar-refractivity contribution in [3.63, 3.8) is 0 Å². The topological polar surface area (TPSA) is 40.5 Å². The predicted molar refractivity (Wildman–Crippen MR) is 94.4 cm³/mol. The fourth-order valence-corrected chi connectivity index (χ4v) is 2.44. The van der Waals surface area contributed by atoms with Gasteiger partial charge in [-0.1, -0.05) is 54.3 Å². The van der Waals surface area contributed by atoms with E-state index in [1.54, 1.807) is 0 Å². The lowest BCUT2D eigenvalue weighted by atomic mass is 10.1. The molecule has 0 saturated carbocycles. The third-order valence-corrected chi connectivity index (χ3v) is 3.72. The summed E-state index contributed by atoms with van der Waals surface area (Å²) in [5.74, 6) is 5.91. The van der Waals surface area contributed by atoms with E-state index in [2.05, 4.69) is 36.1 Å². The van der Waals surface area contributed by atoms with Crippen LogP contribution in [-0.4, -0.2) is 16.2 Å². The lowest BCUT2D eigenvalue weighted by Gasteiger charge is -2.12. The van der Waals surface area contributed by atoms with E-state index in [-0.39, 0.29) is 12.5 Å². The molecule has 0 atom stereocenters. The summed E-state index contributed by atoms with van der Waals surface area (Å²) in [6.07, 6.45) is 0. The highest BCUT2D eigenvalue weighted by Crippen LogP contribution is 2.15. The number of nitrogens with zero attached hydrogens (tertiary/aromatic N) is 1. The largest absolute Gasteiger partial charge is 0.286 e. The molecule has 0 spiro atoms. The summed E-state index contributed by atoms with van der Waals surface area (Å²) in [5, 5.41) is 12.6. The van der Waals surface area contributed by atoms with Gasteiger partial charge in [0.15, 0.2) is 0 Å². The summed E-state index contributed by atoms with van der Waals surface area (Å²) in [5.41, 5.74) is 2.63. The third kappa shape index (κ3) is 3.81.